The summed E-state index contributed by atoms with van der Waals surface area (Å²) in [5, 5.41) is 20.7. The van der Waals surface area contributed by atoms with Crippen LogP contribution in [0.25, 0.3) is 0 Å². The van der Waals surface area contributed by atoms with Crippen molar-refractivity contribution in [2.75, 3.05) is 7.11 Å². The molecule has 3 aliphatic rings. The molecule has 1 spiro atoms. The van der Waals surface area contributed by atoms with Gasteiger partial charge in [0.25, 0.3) is 0 Å². The summed E-state index contributed by atoms with van der Waals surface area (Å²) in [6, 6.07) is 8.40. The van der Waals surface area contributed by atoms with E-state index in [0.717, 1.165) is 0 Å². The summed E-state index contributed by atoms with van der Waals surface area (Å²) >= 11 is 0. The number of aliphatic hydroxyl groups excluding tert-OH is 1. The number of methoxy groups -OCH3 is 1. The smallest absolute Gasteiger partial charge is 0.189 e. The predicted molar refractivity (Wildman–Crippen MR) is 94.1 cm³/mol. The van der Waals surface area contributed by atoms with Crippen molar-refractivity contribution >= 4 is 11.6 Å². The zero-order valence-electron chi connectivity index (χ0n) is 14.4. The van der Waals surface area contributed by atoms with Crippen molar-refractivity contribution in [3.63, 3.8) is 0 Å². The number of ether oxygens (including phenoxy) is 2. The predicted octanol–water partition coefficient (Wildman–Crippen LogP) is 2.42. The van der Waals surface area contributed by atoms with E-state index in [0.29, 0.717) is 28.0 Å². The van der Waals surface area contributed by atoms with E-state index in [9.17, 15) is 19.8 Å². The number of carbonyl (C=O) groups is 2. The lowest BCUT2D eigenvalue weighted by molar-refractivity contribution is -0.0819. The molecule has 0 fully saturated rings. The quantitative estimate of drug-likeness (QED) is 0.807. The first-order valence-electron chi connectivity index (χ1n) is 8.64. The van der Waals surface area contributed by atoms with Crippen LogP contribution >= 0.6 is 0 Å². The maximum absolute atomic E-state index is 12.6. The van der Waals surface area contributed by atoms with Gasteiger partial charge in [-0.1, -0.05) is 18.2 Å². The summed E-state index contributed by atoms with van der Waals surface area (Å²) in [6.07, 6.45) is 1.16. The molecule has 2 aromatic rings. The molecule has 1 heterocycles. The molecular weight excluding hydrogens is 348 g/mol. The van der Waals surface area contributed by atoms with E-state index < -0.39 is 17.8 Å². The molecule has 1 aliphatic heterocycles. The van der Waals surface area contributed by atoms with Gasteiger partial charge in [0.2, 0.25) is 0 Å². The number of benzene rings is 2. The van der Waals surface area contributed by atoms with Crippen LogP contribution in [0.5, 0.6) is 11.5 Å². The minimum atomic E-state index is -1.13. The number of carbonyl (C=O) groups excluding carboxylic acids is 2. The largest absolute Gasteiger partial charge is 0.507 e. The van der Waals surface area contributed by atoms with Crippen LogP contribution in [0.4, 0.5) is 0 Å². The van der Waals surface area contributed by atoms with Gasteiger partial charge in [-0.05, 0) is 29.8 Å². The highest BCUT2D eigenvalue weighted by Crippen LogP contribution is 2.56. The number of aromatic hydroxyl groups is 1. The van der Waals surface area contributed by atoms with Gasteiger partial charge in [-0.25, -0.2) is 0 Å². The Labute approximate surface area is 154 Å². The number of fused-ring (bicyclic) bond motifs is 3. The van der Waals surface area contributed by atoms with Gasteiger partial charge in [0.05, 0.1) is 24.3 Å². The Hall–Kier alpha value is -2.96. The minimum Gasteiger partial charge on any atom is -0.507 e. The van der Waals surface area contributed by atoms with Gasteiger partial charge in [0.1, 0.15) is 23.2 Å². The number of ketones is 2. The fourth-order valence-electron chi connectivity index (χ4n) is 4.48. The van der Waals surface area contributed by atoms with Crippen LogP contribution in [-0.4, -0.2) is 35.0 Å². The van der Waals surface area contributed by atoms with Crippen molar-refractivity contribution in [3.8, 4) is 11.5 Å². The van der Waals surface area contributed by atoms with Gasteiger partial charge in [-0.2, -0.15) is 0 Å². The van der Waals surface area contributed by atoms with Crippen LogP contribution in [0.2, 0.25) is 0 Å². The van der Waals surface area contributed by atoms with Crippen LogP contribution in [0.1, 0.15) is 49.9 Å². The highest BCUT2D eigenvalue weighted by atomic mass is 16.5. The highest BCUT2D eigenvalue weighted by Gasteiger charge is 2.53. The van der Waals surface area contributed by atoms with Crippen molar-refractivity contribution in [1.82, 2.24) is 0 Å². The molecule has 5 rings (SSSR count). The molecule has 0 saturated heterocycles. The summed E-state index contributed by atoms with van der Waals surface area (Å²) in [6.45, 7) is 0. The van der Waals surface area contributed by atoms with E-state index in [-0.39, 0.29) is 29.3 Å². The molecule has 0 radical (unpaired) electrons. The second-order valence-corrected chi connectivity index (χ2v) is 6.97. The molecule has 2 aromatic carbocycles. The third-order valence-corrected chi connectivity index (χ3v) is 5.61. The molecule has 6 nitrogen and oxygen atoms in total. The maximum Gasteiger partial charge on any atom is 0.189 e. The number of phenols is 1. The van der Waals surface area contributed by atoms with Crippen LogP contribution in [0.15, 0.2) is 42.5 Å². The van der Waals surface area contributed by atoms with E-state index in [1.165, 1.54) is 19.3 Å². The fourth-order valence-corrected chi connectivity index (χ4v) is 4.48. The SMILES string of the molecule is COc1cccc2c1C(=O)C=CC21OC2c3c1ccc(O)c3C(=O)CC2O. The van der Waals surface area contributed by atoms with Crippen molar-refractivity contribution in [1.29, 1.82) is 0 Å². The number of hydrogen-bond acceptors (Lipinski definition) is 6. The molecule has 2 aliphatic carbocycles. The molecule has 6 heteroatoms. The Bertz CT molecular complexity index is 1050. The number of rotatable bonds is 1. The topological polar surface area (TPSA) is 93.1 Å². The molecule has 2 N–H and O–H groups in total. The summed E-state index contributed by atoms with van der Waals surface area (Å²) in [7, 11) is 1.49. The third kappa shape index (κ3) is 1.91. The first-order chi connectivity index (χ1) is 13.0. The Morgan fingerprint density at radius 1 is 1.15 bits per heavy atom. The lowest BCUT2D eigenvalue weighted by Gasteiger charge is -2.33. The van der Waals surface area contributed by atoms with Crippen LogP contribution in [0.3, 0.4) is 0 Å². The molecule has 3 atom stereocenters. The van der Waals surface area contributed by atoms with Crippen LogP contribution < -0.4 is 4.74 Å². The second kappa shape index (κ2) is 5.28. The molecule has 27 heavy (non-hydrogen) atoms. The summed E-state index contributed by atoms with van der Waals surface area (Å²) in [4.78, 5) is 25.0. The number of allylic oxidation sites excluding steroid dienone is 1. The standard InChI is InChI=1S/C21H16O6/c1-26-16-4-2-3-10-17(16)13(23)7-8-21(10)11-5-6-12(22)19-14(24)9-15(25)20(27-21)18(11)19/h2-8,15,20,22,25H,9H2,1H3. The van der Waals surface area contributed by atoms with Crippen molar-refractivity contribution in [2.45, 2.75) is 24.2 Å². The van der Waals surface area contributed by atoms with E-state index in [2.05, 4.69) is 0 Å². The molecule has 3 unspecified atom stereocenters. The normalized spacial score (nSPS) is 27.6. The maximum atomic E-state index is 12.6. The molecule has 0 amide bonds. The van der Waals surface area contributed by atoms with E-state index in [1.807, 2.05) is 0 Å². The van der Waals surface area contributed by atoms with Crippen molar-refractivity contribution in [2.24, 2.45) is 0 Å². The van der Waals surface area contributed by atoms with E-state index >= 15 is 0 Å². The summed E-state index contributed by atoms with van der Waals surface area (Å²) in [5.74, 6) is -0.221. The van der Waals surface area contributed by atoms with E-state index in [1.54, 1.807) is 30.3 Å². The monoisotopic (exact) mass is 364 g/mol. The van der Waals surface area contributed by atoms with Gasteiger partial charge < -0.3 is 19.7 Å². The van der Waals surface area contributed by atoms with Crippen LogP contribution in [0, 0.1) is 0 Å². The average molecular weight is 364 g/mol. The first kappa shape index (κ1) is 16.2. The third-order valence-electron chi connectivity index (χ3n) is 5.61. The van der Waals surface area contributed by atoms with Gasteiger partial charge in [0.15, 0.2) is 11.6 Å². The highest BCUT2D eigenvalue weighted by molar-refractivity contribution is 6.10. The molecular formula is C21H16O6. The van der Waals surface area contributed by atoms with Gasteiger partial charge in [-0.15, -0.1) is 0 Å². The van der Waals surface area contributed by atoms with Crippen molar-refractivity contribution in [3.05, 3.63) is 70.3 Å². The van der Waals surface area contributed by atoms with Gasteiger partial charge in [-0.3, -0.25) is 9.59 Å². The summed E-state index contributed by atoms with van der Waals surface area (Å²) < 4.78 is 11.7. The second-order valence-electron chi connectivity index (χ2n) is 6.97. The fraction of sp³-hybridized carbons (Fsp3) is 0.238. The van der Waals surface area contributed by atoms with Crippen molar-refractivity contribution < 1.29 is 29.3 Å². The Kier molecular flexibility index (Phi) is 3.17. The Morgan fingerprint density at radius 2 is 1.96 bits per heavy atom. The number of hydrogen-bond donors (Lipinski definition) is 2. The van der Waals surface area contributed by atoms with Gasteiger partial charge >= 0.3 is 0 Å². The molecule has 0 aromatic heterocycles. The van der Waals surface area contributed by atoms with E-state index in [4.69, 9.17) is 9.47 Å². The molecule has 0 saturated carbocycles. The van der Waals surface area contributed by atoms with Crippen LogP contribution in [-0.2, 0) is 10.3 Å². The number of Topliss-reactive ketones (excluding diaryl/α,β-unsaturated/α-hetero) is 1. The first-order valence-corrected chi connectivity index (χ1v) is 8.64. The molecule has 0 bridgehead atoms. The summed E-state index contributed by atoms with van der Waals surface area (Å²) in [5.41, 5.74) is 1.18. The number of phenolic OH excluding ortho intramolecular Hbond substituents is 1. The minimum absolute atomic E-state index is 0.127. The zero-order valence-corrected chi connectivity index (χ0v) is 14.4. The lowest BCUT2D eigenvalue weighted by atomic mass is 9.75. The average Bonchev–Trinajstić information content (AvgIpc) is 2.99. The van der Waals surface area contributed by atoms with Gasteiger partial charge in [0, 0.05) is 17.5 Å². The molecule has 136 valence electrons. The Balaban J connectivity index is 1.85. The zero-order chi connectivity index (χ0) is 18.9. The lowest BCUT2D eigenvalue weighted by Crippen LogP contribution is -2.33. The number of aliphatic hydroxyl groups is 1. The Morgan fingerprint density at radius 3 is 2.74 bits per heavy atom.